The number of hydrogen-bond donors (Lipinski definition) is 1. The van der Waals surface area contributed by atoms with Crippen molar-refractivity contribution >= 4 is 50.1 Å². The van der Waals surface area contributed by atoms with Crippen molar-refractivity contribution in [1.82, 2.24) is 24.5 Å². The molecule has 0 atom stereocenters. The van der Waals surface area contributed by atoms with Crippen molar-refractivity contribution in [3.63, 3.8) is 0 Å². The van der Waals surface area contributed by atoms with Crippen LogP contribution in [0.2, 0.25) is 0 Å². The van der Waals surface area contributed by atoms with E-state index in [-0.39, 0.29) is 5.56 Å². The molecule has 5 rings (SSSR count). The topological polar surface area (TPSA) is 91.6 Å². The fourth-order valence-electron chi connectivity index (χ4n) is 4.03. The fraction of sp³-hybridized carbons (Fsp3) is 0.130. The Morgan fingerprint density at radius 2 is 1.81 bits per heavy atom. The second kappa shape index (κ2) is 7.45. The van der Waals surface area contributed by atoms with E-state index in [4.69, 9.17) is 5.73 Å². The molecule has 0 saturated carbocycles. The number of benzene rings is 2. The number of nitrogen functional groups attached to an aromatic ring is 1. The van der Waals surface area contributed by atoms with Gasteiger partial charge in [-0.25, -0.2) is 4.68 Å². The highest BCUT2D eigenvalue weighted by atomic mass is 127. The van der Waals surface area contributed by atoms with E-state index in [0.29, 0.717) is 17.9 Å². The van der Waals surface area contributed by atoms with E-state index in [9.17, 15) is 4.79 Å². The van der Waals surface area contributed by atoms with E-state index in [1.807, 2.05) is 56.3 Å². The van der Waals surface area contributed by atoms with Gasteiger partial charge in [0.1, 0.15) is 3.70 Å². The monoisotopic (exact) mass is 522 g/mol. The quantitative estimate of drug-likeness (QED) is 0.362. The van der Waals surface area contributed by atoms with E-state index in [0.717, 1.165) is 42.4 Å². The van der Waals surface area contributed by atoms with Crippen LogP contribution in [0.15, 0.2) is 59.5 Å². The van der Waals surface area contributed by atoms with Gasteiger partial charge >= 0.3 is 0 Å². The third-order valence-corrected chi connectivity index (χ3v) is 6.28. The first-order valence-electron chi connectivity index (χ1n) is 9.79. The van der Waals surface area contributed by atoms with Crippen molar-refractivity contribution in [2.24, 2.45) is 0 Å². The van der Waals surface area contributed by atoms with Gasteiger partial charge in [-0.1, -0.05) is 36.4 Å². The molecule has 0 saturated heterocycles. The summed E-state index contributed by atoms with van der Waals surface area (Å²) in [4.78, 5) is 13.7. The third-order valence-electron chi connectivity index (χ3n) is 5.52. The van der Waals surface area contributed by atoms with Crippen molar-refractivity contribution in [3.05, 3.63) is 85.6 Å². The number of halogens is 1. The van der Waals surface area contributed by atoms with Crippen molar-refractivity contribution < 1.29 is 0 Å². The molecule has 0 fully saturated rings. The van der Waals surface area contributed by atoms with Gasteiger partial charge in [0, 0.05) is 5.69 Å². The summed E-state index contributed by atoms with van der Waals surface area (Å²) in [7, 11) is 0. The Kier molecular flexibility index (Phi) is 4.73. The van der Waals surface area contributed by atoms with Crippen molar-refractivity contribution in [3.8, 4) is 5.69 Å². The van der Waals surface area contributed by atoms with Gasteiger partial charge in [0.25, 0.3) is 5.56 Å². The molecule has 2 N–H and O–H groups in total. The first-order valence-corrected chi connectivity index (χ1v) is 10.9. The zero-order valence-corrected chi connectivity index (χ0v) is 19.2. The van der Waals surface area contributed by atoms with Crippen LogP contribution in [-0.2, 0) is 6.54 Å². The number of nitrogens with two attached hydrogens (primary N) is 1. The van der Waals surface area contributed by atoms with Crippen LogP contribution in [0.3, 0.4) is 0 Å². The minimum atomic E-state index is -0.0448. The first kappa shape index (κ1) is 19.7. The number of hydrogen-bond acceptors (Lipinski definition) is 5. The van der Waals surface area contributed by atoms with Gasteiger partial charge in [-0.3, -0.25) is 9.36 Å². The molecule has 31 heavy (non-hydrogen) atoms. The summed E-state index contributed by atoms with van der Waals surface area (Å²) in [6.45, 7) is 4.32. The molecule has 0 aliphatic carbocycles. The van der Waals surface area contributed by atoms with Crippen LogP contribution >= 0.6 is 22.6 Å². The van der Waals surface area contributed by atoms with Crippen LogP contribution in [0, 0.1) is 17.5 Å². The second-order valence-corrected chi connectivity index (χ2v) is 8.57. The van der Waals surface area contributed by atoms with Gasteiger partial charge in [0.05, 0.1) is 34.9 Å². The predicted molar refractivity (Wildman–Crippen MR) is 131 cm³/mol. The van der Waals surface area contributed by atoms with Crippen LogP contribution in [0.5, 0.6) is 0 Å². The lowest BCUT2D eigenvalue weighted by atomic mass is 10.1. The Bertz CT molecular complexity index is 1540. The van der Waals surface area contributed by atoms with E-state index >= 15 is 0 Å². The number of rotatable bonds is 3. The fourth-order valence-corrected chi connectivity index (χ4v) is 4.85. The van der Waals surface area contributed by atoms with Crippen LogP contribution in [0.1, 0.15) is 16.8 Å². The second-order valence-electron chi connectivity index (χ2n) is 7.55. The summed E-state index contributed by atoms with van der Waals surface area (Å²) in [6.07, 6.45) is 1.53. The highest BCUT2D eigenvalue weighted by Gasteiger charge is 2.18. The Morgan fingerprint density at radius 1 is 1.03 bits per heavy atom. The van der Waals surface area contributed by atoms with Crippen LogP contribution in [-0.4, -0.2) is 24.5 Å². The van der Waals surface area contributed by atoms with Crippen molar-refractivity contribution in [2.45, 2.75) is 20.4 Å². The molecule has 3 aromatic heterocycles. The maximum atomic E-state index is 13.7. The van der Waals surface area contributed by atoms with Crippen molar-refractivity contribution in [2.75, 3.05) is 5.73 Å². The number of nitrogens with zero attached hydrogens (tertiary/aromatic N) is 5. The lowest BCUT2D eigenvalue weighted by Crippen LogP contribution is -2.25. The average molecular weight is 522 g/mol. The van der Waals surface area contributed by atoms with E-state index in [1.165, 1.54) is 6.20 Å². The number of pyridine rings is 1. The highest BCUT2D eigenvalue weighted by molar-refractivity contribution is 14.1. The van der Waals surface area contributed by atoms with Crippen LogP contribution in [0.4, 0.5) is 5.69 Å². The van der Waals surface area contributed by atoms with E-state index < -0.39 is 0 Å². The summed E-state index contributed by atoms with van der Waals surface area (Å²) < 4.78 is 4.29. The molecule has 0 radical (unpaired) electrons. The lowest BCUT2D eigenvalue weighted by Gasteiger charge is -2.17. The van der Waals surface area contributed by atoms with Gasteiger partial charge < -0.3 is 5.73 Å². The molecule has 0 aliphatic rings. The molecule has 3 heterocycles. The minimum absolute atomic E-state index is 0.0448. The Balaban J connectivity index is 1.82. The molecule has 0 unspecified atom stereocenters. The number of aryl methyl sites for hydroxylation is 2. The molecular formula is C23H19IN6O. The third kappa shape index (κ3) is 3.18. The summed E-state index contributed by atoms with van der Waals surface area (Å²) in [6, 6.07) is 15.8. The van der Waals surface area contributed by atoms with E-state index in [1.54, 1.807) is 9.25 Å². The van der Waals surface area contributed by atoms with Crippen LogP contribution < -0.4 is 11.3 Å². The van der Waals surface area contributed by atoms with Crippen LogP contribution in [0.25, 0.3) is 27.5 Å². The molecular weight excluding hydrogens is 503 g/mol. The summed E-state index contributed by atoms with van der Waals surface area (Å²) >= 11 is 2.15. The summed E-state index contributed by atoms with van der Waals surface area (Å²) in [5.41, 5.74) is 10.8. The number of anilines is 1. The molecule has 8 heteroatoms. The molecule has 5 aromatic rings. The Labute approximate surface area is 191 Å². The van der Waals surface area contributed by atoms with Crippen molar-refractivity contribution in [1.29, 1.82) is 0 Å². The lowest BCUT2D eigenvalue weighted by molar-refractivity contribution is 0.661. The van der Waals surface area contributed by atoms with Gasteiger partial charge in [-0.05, 0) is 65.1 Å². The highest BCUT2D eigenvalue weighted by Crippen LogP contribution is 2.26. The molecule has 0 bridgehead atoms. The molecule has 7 nitrogen and oxygen atoms in total. The molecule has 0 spiro atoms. The first-order chi connectivity index (χ1) is 15.0. The molecule has 0 amide bonds. The standard InChI is InChI=1S/C23H19IN6O/c1-13-6-3-4-9-18(13)30-16(10-15-8-5-7-14(2)19(15)23(30)31)12-29-22-20(21(24)28-29)17(25)11-26-27-22/h3-11H,12H2,1-2H3,(H2,25,27). The minimum Gasteiger partial charge on any atom is -0.397 e. The number of aromatic nitrogens is 5. The van der Waals surface area contributed by atoms with Gasteiger partial charge in [-0.2, -0.15) is 10.2 Å². The number of para-hydroxylation sites is 1. The van der Waals surface area contributed by atoms with E-state index in [2.05, 4.69) is 44.0 Å². The smallest absolute Gasteiger partial charge is 0.263 e. The molecule has 2 aromatic carbocycles. The van der Waals surface area contributed by atoms with Gasteiger partial charge in [0.15, 0.2) is 5.65 Å². The average Bonchev–Trinajstić information content (AvgIpc) is 3.05. The maximum absolute atomic E-state index is 13.7. The Morgan fingerprint density at radius 3 is 2.61 bits per heavy atom. The summed E-state index contributed by atoms with van der Waals surface area (Å²) in [5, 5.41) is 15.3. The normalized spacial score (nSPS) is 11.5. The zero-order valence-electron chi connectivity index (χ0n) is 17.0. The summed E-state index contributed by atoms with van der Waals surface area (Å²) in [5.74, 6) is 0. The zero-order chi connectivity index (χ0) is 21.7. The maximum Gasteiger partial charge on any atom is 0.263 e. The largest absolute Gasteiger partial charge is 0.397 e. The van der Waals surface area contributed by atoms with Gasteiger partial charge in [0.2, 0.25) is 0 Å². The Hall–Kier alpha value is -3.27. The van der Waals surface area contributed by atoms with Gasteiger partial charge in [-0.15, -0.1) is 5.10 Å². The molecule has 154 valence electrons. The SMILES string of the molecule is Cc1ccccc1-n1c(Cn2nc(I)c3c(N)cnnc32)cc2cccc(C)c2c1=O. The molecule has 0 aliphatic heterocycles. The number of fused-ring (bicyclic) bond motifs is 2. The predicted octanol–water partition coefficient (Wildman–Crippen LogP) is 3.98.